The summed E-state index contributed by atoms with van der Waals surface area (Å²) < 4.78 is 32.7. The predicted molar refractivity (Wildman–Crippen MR) is 262 cm³/mol. The Kier molecular flexibility index (Phi) is 25.8. The van der Waals surface area contributed by atoms with Crippen LogP contribution < -0.4 is 26.7 Å². The lowest BCUT2D eigenvalue weighted by atomic mass is 9.92. The molecule has 2 aliphatic heterocycles. The van der Waals surface area contributed by atoms with Gasteiger partial charge in [-0.15, -0.1) is 0 Å². The standard InChI is InChI=1S/C51H79N7O11/c1-37(2)17-19-41(47(51(5)36-69-51)57-56-45(59)21-24-65-29-30-68-32-31-67-28-27-64-6)53-50(63)44(34-40-15-11-8-12-16-40)55-49(62)43(33-38(3)4)54-48(61)42(20-18-39-13-9-7-10-14-39)52-46(60)35-58-22-25-66-26-23-58/h7-16,37-38,41-44H,17-36H2,1-6H3,(H,52,60)(H,53,63)(H,54,61)(H,55,62)(H,56,59)/b57-47-/t41-,42-,43?,44-,51+/m0/s1. The van der Waals surface area contributed by atoms with E-state index in [-0.39, 0.29) is 56.1 Å². The summed E-state index contributed by atoms with van der Waals surface area (Å²) in [7, 11) is 1.61. The van der Waals surface area contributed by atoms with E-state index in [0.717, 1.165) is 17.5 Å². The van der Waals surface area contributed by atoms with E-state index >= 15 is 0 Å². The van der Waals surface area contributed by atoms with Gasteiger partial charge >= 0.3 is 0 Å². The molecule has 0 aromatic heterocycles. The van der Waals surface area contributed by atoms with Gasteiger partial charge in [-0.1, -0.05) is 88.4 Å². The Bertz CT molecular complexity index is 1860. The zero-order valence-corrected chi connectivity index (χ0v) is 41.8. The Morgan fingerprint density at radius 1 is 0.652 bits per heavy atom. The minimum absolute atomic E-state index is 0.0163. The molecule has 0 bridgehead atoms. The molecular weight excluding hydrogens is 887 g/mol. The summed E-state index contributed by atoms with van der Waals surface area (Å²) in [5, 5.41) is 16.6. The molecule has 5 N–H and O–H groups in total. The topological polar surface area (TPSA) is 220 Å². The fourth-order valence-electron chi connectivity index (χ4n) is 7.63. The number of hydrogen-bond donors (Lipinski definition) is 5. The van der Waals surface area contributed by atoms with Gasteiger partial charge in [-0.2, -0.15) is 5.10 Å². The summed E-state index contributed by atoms with van der Waals surface area (Å²) in [5.41, 5.74) is 4.10. The lowest BCUT2D eigenvalue weighted by molar-refractivity contribution is -0.134. The molecule has 2 saturated heterocycles. The van der Waals surface area contributed by atoms with Crippen LogP contribution >= 0.6 is 0 Å². The fraction of sp³-hybridized carbons (Fsp3) is 0.647. The lowest BCUT2D eigenvalue weighted by Crippen LogP contribution is -2.59. The van der Waals surface area contributed by atoms with Gasteiger partial charge in [-0.25, -0.2) is 5.43 Å². The van der Waals surface area contributed by atoms with Crippen LogP contribution in [-0.2, 0) is 65.2 Å². The second-order valence-electron chi connectivity index (χ2n) is 18.6. The number of amides is 5. The number of carbonyl (C=O) groups excluding carboxylic acids is 5. The largest absolute Gasteiger partial charge is 0.382 e. The van der Waals surface area contributed by atoms with Crippen LogP contribution in [0.3, 0.4) is 0 Å². The van der Waals surface area contributed by atoms with Crippen molar-refractivity contribution >= 4 is 35.2 Å². The molecule has 5 amide bonds. The summed E-state index contributed by atoms with van der Waals surface area (Å²) in [6.07, 6.45) is 2.50. The molecule has 18 heteroatoms. The second kappa shape index (κ2) is 31.4. The molecular formula is C51H79N7O11. The van der Waals surface area contributed by atoms with E-state index in [2.05, 4.69) is 45.6 Å². The highest BCUT2D eigenvalue weighted by Crippen LogP contribution is 2.31. The Hall–Kier alpha value is -4.82. The van der Waals surface area contributed by atoms with Crippen LogP contribution in [0.25, 0.3) is 0 Å². The molecule has 2 fully saturated rings. The van der Waals surface area contributed by atoms with Crippen molar-refractivity contribution in [3.8, 4) is 0 Å². The Morgan fingerprint density at radius 2 is 1.20 bits per heavy atom. The van der Waals surface area contributed by atoms with E-state index in [1.807, 2.05) is 86.3 Å². The minimum Gasteiger partial charge on any atom is -0.382 e. The van der Waals surface area contributed by atoms with Crippen LogP contribution in [0.15, 0.2) is 65.8 Å². The van der Waals surface area contributed by atoms with E-state index < -0.39 is 47.5 Å². The number of epoxide rings is 1. The first-order chi connectivity index (χ1) is 33.3. The molecule has 2 aromatic carbocycles. The maximum atomic E-state index is 14.6. The van der Waals surface area contributed by atoms with Crippen LogP contribution in [0.1, 0.15) is 77.8 Å². The van der Waals surface area contributed by atoms with Gasteiger partial charge in [-0.3, -0.25) is 28.9 Å². The Balaban J connectivity index is 1.47. The van der Waals surface area contributed by atoms with Gasteiger partial charge in [-0.05, 0) is 62.0 Å². The number of hydrazone groups is 1. The normalized spacial score (nSPS) is 17.9. The van der Waals surface area contributed by atoms with Gasteiger partial charge in [0, 0.05) is 26.6 Å². The van der Waals surface area contributed by atoms with E-state index in [4.69, 9.17) is 28.4 Å². The molecule has 0 aliphatic carbocycles. The molecule has 0 radical (unpaired) electrons. The summed E-state index contributed by atoms with van der Waals surface area (Å²) in [5.74, 6) is -1.89. The molecule has 2 heterocycles. The number of benzene rings is 2. The predicted octanol–water partition coefficient (Wildman–Crippen LogP) is 2.96. The number of carbonyl (C=O) groups is 5. The van der Waals surface area contributed by atoms with Crippen molar-refractivity contribution in [3.05, 3.63) is 71.8 Å². The molecule has 69 heavy (non-hydrogen) atoms. The van der Waals surface area contributed by atoms with Crippen LogP contribution in [0.5, 0.6) is 0 Å². The number of nitrogens with one attached hydrogen (secondary N) is 5. The first-order valence-corrected chi connectivity index (χ1v) is 24.6. The average Bonchev–Trinajstić information content (AvgIpc) is 4.08. The summed E-state index contributed by atoms with van der Waals surface area (Å²) in [6, 6.07) is 15.4. The zero-order chi connectivity index (χ0) is 49.9. The number of nitrogens with zero attached hydrogens (tertiary/aromatic N) is 2. The Morgan fingerprint density at radius 3 is 1.80 bits per heavy atom. The first-order valence-electron chi connectivity index (χ1n) is 24.6. The van der Waals surface area contributed by atoms with E-state index in [1.165, 1.54) is 0 Å². The van der Waals surface area contributed by atoms with Crippen LogP contribution in [-0.4, -0.2) is 163 Å². The summed E-state index contributed by atoms with van der Waals surface area (Å²) in [6.45, 7) is 15.4. The van der Waals surface area contributed by atoms with E-state index in [0.29, 0.717) is 97.5 Å². The van der Waals surface area contributed by atoms with Gasteiger partial charge in [0.05, 0.1) is 90.8 Å². The number of rotatable bonds is 34. The second-order valence-corrected chi connectivity index (χ2v) is 18.6. The third-order valence-electron chi connectivity index (χ3n) is 11.7. The van der Waals surface area contributed by atoms with Crippen LogP contribution in [0.2, 0.25) is 0 Å². The lowest BCUT2D eigenvalue weighted by Gasteiger charge is -2.29. The Labute approximate surface area is 409 Å². The minimum atomic E-state index is -1.07. The quantitative estimate of drug-likeness (QED) is 0.0296. The molecule has 5 atom stereocenters. The van der Waals surface area contributed by atoms with Gasteiger partial charge < -0.3 is 49.7 Å². The fourth-order valence-corrected chi connectivity index (χ4v) is 7.63. The van der Waals surface area contributed by atoms with Crippen molar-refractivity contribution in [2.75, 3.05) is 92.8 Å². The van der Waals surface area contributed by atoms with Crippen molar-refractivity contribution in [1.82, 2.24) is 31.6 Å². The van der Waals surface area contributed by atoms with Gasteiger partial charge in [0.25, 0.3) is 0 Å². The number of methoxy groups -OCH3 is 1. The van der Waals surface area contributed by atoms with Crippen LogP contribution in [0, 0.1) is 11.8 Å². The molecule has 2 aromatic rings. The highest BCUT2D eigenvalue weighted by atomic mass is 16.6. The van der Waals surface area contributed by atoms with Crippen molar-refractivity contribution in [2.45, 2.75) is 109 Å². The van der Waals surface area contributed by atoms with Crippen molar-refractivity contribution in [1.29, 1.82) is 0 Å². The number of hydrogen-bond acceptors (Lipinski definition) is 13. The molecule has 1 unspecified atom stereocenters. The van der Waals surface area contributed by atoms with Crippen molar-refractivity contribution in [3.63, 3.8) is 0 Å². The molecule has 384 valence electrons. The molecule has 0 spiro atoms. The highest BCUT2D eigenvalue weighted by molar-refractivity contribution is 6.02. The number of morpholine rings is 1. The first kappa shape index (κ1) is 56.8. The van der Waals surface area contributed by atoms with E-state index in [1.54, 1.807) is 7.11 Å². The molecule has 2 aliphatic rings. The van der Waals surface area contributed by atoms with Crippen LogP contribution in [0.4, 0.5) is 0 Å². The SMILES string of the molecule is COCCOCCOCCOCCC(=O)N/N=C(/[C@H](CCC(C)C)NC(=O)[C@H](Cc1ccccc1)NC(=O)C(CC(C)C)NC(=O)[C@H](CCc1ccccc1)NC(=O)CN1CCOCC1)[C@@]1(C)CO1. The average molecular weight is 966 g/mol. The molecule has 18 nitrogen and oxygen atoms in total. The summed E-state index contributed by atoms with van der Waals surface area (Å²) in [4.78, 5) is 71.7. The van der Waals surface area contributed by atoms with E-state index in [9.17, 15) is 24.0 Å². The molecule has 4 rings (SSSR count). The maximum absolute atomic E-state index is 14.6. The third-order valence-corrected chi connectivity index (χ3v) is 11.7. The summed E-state index contributed by atoms with van der Waals surface area (Å²) >= 11 is 0. The van der Waals surface area contributed by atoms with Crippen molar-refractivity contribution < 1.29 is 52.4 Å². The maximum Gasteiger partial charge on any atom is 0.243 e. The number of aryl methyl sites for hydroxylation is 1. The van der Waals surface area contributed by atoms with Gasteiger partial charge in [0.15, 0.2) is 0 Å². The number of ether oxygens (including phenoxy) is 6. The smallest absolute Gasteiger partial charge is 0.243 e. The third kappa shape index (κ3) is 22.6. The monoisotopic (exact) mass is 966 g/mol. The van der Waals surface area contributed by atoms with Crippen molar-refractivity contribution in [2.24, 2.45) is 16.9 Å². The van der Waals surface area contributed by atoms with Gasteiger partial charge in [0.2, 0.25) is 29.5 Å². The zero-order valence-electron chi connectivity index (χ0n) is 41.8. The highest BCUT2D eigenvalue weighted by Gasteiger charge is 2.48. The molecule has 0 saturated carbocycles. The van der Waals surface area contributed by atoms with Gasteiger partial charge in [0.1, 0.15) is 23.7 Å².